The molecule has 1 spiro atoms. The molecule has 2 aliphatic rings. The molecule has 0 unspecified atom stereocenters. The van der Waals surface area contributed by atoms with Crippen LogP contribution in [0.25, 0.3) is 5.57 Å². The van der Waals surface area contributed by atoms with E-state index in [2.05, 4.69) is 43.6 Å². The van der Waals surface area contributed by atoms with Crippen molar-refractivity contribution in [1.29, 1.82) is 0 Å². The Kier molecular flexibility index (Phi) is 8.14. The number of nitrogens with one attached hydrogen (secondary N) is 1. The zero-order chi connectivity index (χ0) is 23.1. The van der Waals surface area contributed by atoms with Crippen LogP contribution in [0.1, 0.15) is 68.8 Å². The molecule has 0 saturated carbocycles. The highest BCUT2D eigenvalue weighted by Gasteiger charge is 2.38. The standard InChI is InChI=1S/C28H38N2O2/c1-6-10-11-22(7-2)26-21(5)32-28(16-18-29-19-17-28)20-25(26)23-12-14-24(15-13-23)27(31)30(8-3)9-4/h7,12-15,20,29H,2,5-6,8-11,16-19H2,1,3-4H3/b26-22-. The van der Waals surface area contributed by atoms with E-state index in [0.717, 1.165) is 73.2 Å². The van der Waals surface area contributed by atoms with E-state index in [1.54, 1.807) is 0 Å². The molecule has 0 radical (unpaired) electrons. The summed E-state index contributed by atoms with van der Waals surface area (Å²) in [5, 5.41) is 3.43. The number of hydrogen-bond acceptors (Lipinski definition) is 3. The minimum atomic E-state index is -0.325. The Morgan fingerprint density at radius 2 is 1.81 bits per heavy atom. The van der Waals surface area contributed by atoms with Gasteiger partial charge in [-0.1, -0.05) is 44.7 Å². The second-order valence-electron chi connectivity index (χ2n) is 8.66. The third kappa shape index (κ3) is 5.07. The maximum absolute atomic E-state index is 12.8. The van der Waals surface area contributed by atoms with E-state index in [1.165, 1.54) is 5.57 Å². The largest absolute Gasteiger partial charge is 0.483 e. The highest BCUT2D eigenvalue weighted by atomic mass is 16.5. The van der Waals surface area contributed by atoms with Gasteiger partial charge in [0.15, 0.2) is 0 Å². The van der Waals surface area contributed by atoms with Gasteiger partial charge in [0.25, 0.3) is 5.91 Å². The summed E-state index contributed by atoms with van der Waals surface area (Å²) in [5.74, 6) is 0.811. The van der Waals surface area contributed by atoms with Crippen LogP contribution in [-0.2, 0) is 4.74 Å². The minimum absolute atomic E-state index is 0.0761. The van der Waals surface area contributed by atoms with Crippen molar-refractivity contribution in [2.75, 3.05) is 26.2 Å². The number of benzene rings is 1. The molecule has 32 heavy (non-hydrogen) atoms. The lowest BCUT2D eigenvalue weighted by atomic mass is 9.80. The second kappa shape index (κ2) is 10.8. The SMILES string of the molecule is C=C/C(CCCC)=C1\C(=C)OC2(C=C1c1ccc(C(=O)N(CC)CC)cc1)CCNCC2. The van der Waals surface area contributed by atoms with Crippen molar-refractivity contribution in [2.45, 2.75) is 58.5 Å². The Hall–Kier alpha value is -2.59. The lowest BCUT2D eigenvalue weighted by molar-refractivity contribution is 0.0208. The number of carbonyl (C=O) groups is 1. The fraction of sp³-hybridized carbons (Fsp3) is 0.464. The smallest absolute Gasteiger partial charge is 0.253 e. The van der Waals surface area contributed by atoms with Gasteiger partial charge in [0.2, 0.25) is 0 Å². The van der Waals surface area contributed by atoms with E-state index >= 15 is 0 Å². The molecule has 2 heterocycles. The van der Waals surface area contributed by atoms with E-state index in [0.29, 0.717) is 13.1 Å². The predicted octanol–water partition coefficient (Wildman–Crippen LogP) is 5.89. The van der Waals surface area contributed by atoms with Crippen LogP contribution in [0.4, 0.5) is 0 Å². The summed E-state index contributed by atoms with van der Waals surface area (Å²) in [7, 11) is 0. The molecule has 1 aromatic carbocycles. The second-order valence-corrected chi connectivity index (χ2v) is 8.66. The molecular formula is C28H38N2O2. The van der Waals surface area contributed by atoms with Gasteiger partial charge in [0.05, 0.1) is 0 Å². The van der Waals surface area contributed by atoms with Gasteiger partial charge in [-0.2, -0.15) is 0 Å². The van der Waals surface area contributed by atoms with Gasteiger partial charge in [0.1, 0.15) is 11.4 Å². The van der Waals surface area contributed by atoms with Crippen LogP contribution in [0, 0.1) is 0 Å². The van der Waals surface area contributed by atoms with Crippen molar-refractivity contribution in [1.82, 2.24) is 10.2 Å². The monoisotopic (exact) mass is 434 g/mol. The van der Waals surface area contributed by atoms with Gasteiger partial charge in [0, 0.05) is 37.1 Å². The van der Waals surface area contributed by atoms with Crippen molar-refractivity contribution >= 4 is 11.5 Å². The average Bonchev–Trinajstić information content (AvgIpc) is 2.81. The van der Waals surface area contributed by atoms with E-state index in [-0.39, 0.29) is 11.5 Å². The normalized spacial score (nSPS) is 19.2. The molecule has 0 atom stereocenters. The van der Waals surface area contributed by atoms with Crippen LogP contribution >= 0.6 is 0 Å². The first kappa shape index (κ1) is 24.1. The molecule has 0 aliphatic carbocycles. The topological polar surface area (TPSA) is 41.6 Å². The van der Waals surface area contributed by atoms with Gasteiger partial charge in [-0.25, -0.2) is 0 Å². The number of hydrogen-bond donors (Lipinski definition) is 1. The molecular weight excluding hydrogens is 396 g/mol. The number of nitrogens with zero attached hydrogens (tertiary/aromatic N) is 1. The number of piperidine rings is 1. The Labute approximate surface area is 193 Å². The Bertz CT molecular complexity index is 898. The van der Waals surface area contributed by atoms with Crippen LogP contribution in [-0.4, -0.2) is 42.6 Å². The first-order chi connectivity index (χ1) is 15.5. The lowest BCUT2D eigenvalue weighted by Gasteiger charge is -2.41. The van der Waals surface area contributed by atoms with Crippen molar-refractivity contribution < 1.29 is 9.53 Å². The first-order valence-corrected chi connectivity index (χ1v) is 12.1. The number of amides is 1. The summed E-state index contributed by atoms with van der Waals surface area (Å²) >= 11 is 0. The van der Waals surface area contributed by atoms with Crippen molar-refractivity contribution in [3.05, 3.63) is 77.6 Å². The van der Waals surface area contributed by atoms with E-state index in [1.807, 2.05) is 37.0 Å². The summed E-state index contributed by atoms with van der Waals surface area (Å²) in [6, 6.07) is 8.02. The molecule has 1 amide bonds. The highest BCUT2D eigenvalue weighted by molar-refractivity contribution is 5.95. The van der Waals surface area contributed by atoms with Crippen molar-refractivity contribution in [2.24, 2.45) is 0 Å². The molecule has 172 valence electrons. The van der Waals surface area contributed by atoms with Gasteiger partial charge in [-0.15, -0.1) is 0 Å². The van der Waals surface area contributed by atoms with Crippen LogP contribution in [0.2, 0.25) is 0 Å². The Morgan fingerprint density at radius 3 is 2.38 bits per heavy atom. The number of unbranched alkanes of at least 4 members (excludes halogenated alkanes) is 1. The van der Waals surface area contributed by atoms with Crippen molar-refractivity contribution in [3.63, 3.8) is 0 Å². The van der Waals surface area contributed by atoms with Gasteiger partial charge in [-0.3, -0.25) is 4.79 Å². The Morgan fingerprint density at radius 1 is 1.16 bits per heavy atom. The molecule has 0 aromatic heterocycles. The molecule has 2 aliphatic heterocycles. The van der Waals surface area contributed by atoms with E-state index in [9.17, 15) is 4.79 Å². The molecule has 4 heteroatoms. The maximum atomic E-state index is 12.8. The molecule has 1 aromatic rings. The van der Waals surface area contributed by atoms with Crippen molar-refractivity contribution in [3.8, 4) is 0 Å². The Balaban J connectivity index is 2.06. The van der Waals surface area contributed by atoms with Gasteiger partial charge >= 0.3 is 0 Å². The number of allylic oxidation sites excluding steroid dienone is 3. The maximum Gasteiger partial charge on any atom is 0.253 e. The summed E-state index contributed by atoms with van der Waals surface area (Å²) < 4.78 is 6.49. The summed E-state index contributed by atoms with van der Waals surface area (Å²) in [5.41, 5.74) is 4.87. The minimum Gasteiger partial charge on any atom is -0.483 e. The lowest BCUT2D eigenvalue weighted by Crippen LogP contribution is -2.44. The average molecular weight is 435 g/mol. The summed E-state index contributed by atoms with van der Waals surface area (Å²) in [6.45, 7) is 17.9. The van der Waals surface area contributed by atoms with Gasteiger partial charge < -0.3 is 15.0 Å². The third-order valence-electron chi connectivity index (χ3n) is 6.59. The molecule has 3 rings (SSSR count). The summed E-state index contributed by atoms with van der Waals surface area (Å²) in [4.78, 5) is 14.6. The fourth-order valence-electron chi connectivity index (χ4n) is 4.67. The molecule has 1 N–H and O–H groups in total. The highest BCUT2D eigenvalue weighted by Crippen LogP contribution is 2.44. The van der Waals surface area contributed by atoms with E-state index < -0.39 is 0 Å². The predicted molar refractivity (Wildman–Crippen MR) is 133 cm³/mol. The summed E-state index contributed by atoms with van der Waals surface area (Å²) in [6.07, 6.45) is 9.24. The third-order valence-corrected chi connectivity index (χ3v) is 6.59. The zero-order valence-electron chi connectivity index (χ0n) is 20.0. The first-order valence-electron chi connectivity index (χ1n) is 12.1. The van der Waals surface area contributed by atoms with Crippen LogP contribution in [0.15, 0.2) is 66.5 Å². The number of rotatable bonds is 8. The van der Waals surface area contributed by atoms with Crippen LogP contribution in [0.5, 0.6) is 0 Å². The molecule has 0 bridgehead atoms. The fourth-order valence-corrected chi connectivity index (χ4v) is 4.67. The van der Waals surface area contributed by atoms with Gasteiger partial charge in [-0.05, 0) is 74.7 Å². The van der Waals surface area contributed by atoms with Crippen LogP contribution < -0.4 is 5.32 Å². The molecule has 1 saturated heterocycles. The van der Waals surface area contributed by atoms with Crippen LogP contribution in [0.3, 0.4) is 0 Å². The van der Waals surface area contributed by atoms with E-state index in [4.69, 9.17) is 4.74 Å². The number of ether oxygens (including phenoxy) is 1. The number of carbonyl (C=O) groups excluding carboxylic acids is 1. The zero-order valence-corrected chi connectivity index (χ0v) is 20.0. The molecule has 4 nitrogen and oxygen atoms in total. The molecule has 1 fully saturated rings. The quantitative estimate of drug-likeness (QED) is 0.555.